The Labute approximate surface area is 140 Å². The van der Waals surface area contributed by atoms with E-state index in [1.165, 1.54) is 19.1 Å². The molecule has 24 heavy (non-hydrogen) atoms. The molecule has 0 unspecified atom stereocenters. The third kappa shape index (κ3) is 5.83. The van der Waals surface area contributed by atoms with Crippen LogP contribution in [0.1, 0.15) is 35.7 Å². The van der Waals surface area contributed by atoms with Crippen molar-refractivity contribution in [3.05, 3.63) is 65.5 Å². The first-order valence-electron chi connectivity index (χ1n) is 7.79. The lowest BCUT2D eigenvalue weighted by Gasteiger charge is -2.07. The normalized spacial score (nSPS) is 10.2. The van der Waals surface area contributed by atoms with Crippen molar-refractivity contribution in [3.63, 3.8) is 0 Å². The van der Waals surface area contributed by atoms with Gasteiger partial charge in [0.2, 0.25) is 5.91 Å². The Morgan fingerprint density at radius 3 is 2.33 bits per heavy atom. The van der Waals surface area contributed by atoms with E-state index in [0.29, 0.717) is 37.3 Å². The smallest absolute Gasteiger partial charge is 0.220 e. The molecule has 0 spiro atoms. The number of hydrogen-bond donors (Lipinski definition) is 1. The number of ketones is 1. The number of benzene rings is 2. The maximum atomic E-state index is 12.8. The van der Waals surface area contributed by atoms with Gasteiger partial charge in [-0.05, 0) is 55.3 Å². The lowest BCUT2D eigenvalue weighted by Crippen LogP contribution is -2.22. The number of carbonyl (C=O) groups is 2. The molecule has 0 fully saturated rings. The topological polar surface area (TPSA) is 55.4 Å². The Morgan fingerprint density at radius 2 is 1.71 bits per heavy atom. The van der Waals surface area contributed by atoms with Crippen LogP contribution in [0.15, 0.2) is 48.5 Å². The molecule has 0 aliphatic heterocycles. The largest absolute Gasteiger partial charge is 0.494 e. The summed E-state index contributed by atoms with van der Waals surface area (Å²) in [6.45, 7) is 2.32. The van der Waals surface area contributed by atoms with Crippen LogP contribution in [0.2, 0.25) is 0 Å². The van der Waals surface area contributed by atoms with Gasteiger partial charge in [-0.25, -0.2) is 4.39 Å². The van der Waals surface area contributed by atoms with E-state index < -0.39 is 0 Å². The summed E-state index contributed by atoms with van der Waals surface area (Å²) in [6, 6.07) is 12.9. The van der Waals surface area contributed by atoms with E-state index in [-0.39, 0.29) is 17.5 Å². The number of ether oxygens (including phenoxy) is 1. The second-order valence-corrected chi connectivity index (χ2v) is 5.44. The van der Waals surface area contributed by atoms with E-state index in [2.05, 4.69) is 5.32 Å². The molecule has 0 aliphatic carbocycles. The monoisotopic (exact) mass is 329 g/mol. The van der Waals surface area contributed by atoms with E-state index in [1.807, 2.05) is 0 Å². The molecule has 0 atom stereocenters. The lowest BCUT2D eigenvalue weighted by molar-refractivity contribution is -0.121. The molecule has 5 heteroatoms. The van der Waals surface area contributed by atoms with Crippen molar-refractivity contribution in [2.45, 2.75) is 26.3 Å². The molecule has 0 saturated carbocycles. The quantitative estimate of drug-likeness (QED) is 0.596. The van der Waals surface area contributed by atoms with Crippen molar-refractivity contribution in [2.24, 2.45) is 0 Å². The molecule has 0 saturated heterocycles. The molecular weight excluding hydrogens is 309 g/mol. The summed E-state index contributed by atoms with van der Waals surface area (Å²) in [6.07, 6.45) is 0.941. The third-order valence-corrected chi connectivity index (χ3v) is 3.48. The Bertz CT molecular complexity index is 681. The molecule has 0 bridgehead atoms. The predicted octanol–water partition coefficient (Wildman–Crippen LogP) is 3.50. The fourth-order valence-corrected chi connectivity index (χ4v) is 2.10. The van der Waals surface area contributed by atoms with Crippen LogP contribution >= 0.6 is 0 Å². The fraction of sp³-hybridized carbons (Fsp3) is 0.263. The zero-order valence-electron chi connectivity index (χ0n) is 13.5. The Balaban J connectivity index is 1.63. The lowest BCUT2D eigenvalue weighted by atomic mass is 10.1. The van der Waals surface area contributed by atoms with E-state index in [4.69, 9.17) is 4.74 Å². The first kappa shape index (κ1) is 17.7. The van der Waals surface area contributed by atoms with Crippen molar-refractivity contribution in [3.8, 4) is 5.75 Å². The highest BCUT2D eigenvalue weighted by Crippen LogP contribution is 2.13. The summed E-state index contributed by atoms with van der Waals surface area (Å²) >= 11 is 0. The van der Waals surface area contributed by atoms with Crippen LogP contribution < -0.4 is 10.1 Å². The number of Topliss-reactive ketones (excluding diaryl/α,β-unsaturated/α-hetero) is 1. The SMILES string of the molecule is CC(=O)c1ccc(OCCCC(=O)NCc2ccc(F)cc2)cc1. The maximum Gasteiger partial charge on any atom is 0.220 e. The summed E-state index contributed by atoms with van der Waals surface area (Å²) < 4.78 is 18.3. The molecule has 2 aromatic carbocycles. The van der Waals surface area contributed by atoms with Gasteiger partial charge in [-0.15, -0.1) is 0 Å². The number of nitrogens with one attached hydrogen (secondary N) is 1. The zero-order valence-corrected chi connectivity index (χ0v) is 13.5. The summed E-state index contributed by atoms with van der Waals surface area (Å²) in [5.74, 6) is 0.319. The van der Waals surface area contributed by atoms with Crippen molar-refractivity contribution in [1.29, 1.82) is 0 Å². The second-order valence-electron chi connectivity index (χ2n) is 5.44. The van der Waals surface area contributed by atoms with Crippen LogP contribution in [0.3, 0.4) is 0 Å². The fourth-order valence-electron chi connectivity index (χ4n) is 2.10. The molecule has 126 valence electrons. The predicted molar refractivity (Wildman–Crippen MR) is 89.4 cm³/mol. The maximum absolute atomic E-state index is 12.8. The van der Waals surface area contributed by atoms with Gasteiger partial charge in [-0.1, -0.05) is 12.1 Å². The first-order chi connectivity index (χ1) is 11.5. The van der Waals surface area contributed by atoms with Gasteiger partial charge in [0.15, 0.2) is 5.78 Å². The van der Waals surface area contributed by atoms with Gasteiger partial charge in [0.25, 0.3) is 0 Å². The number of amides is 1. The molecule has 0 radical (unpaired) electrons. The van der Waals surface area contributed by atoms with Crippen molar-refractivity contribution < 1.29 is 18.7 Å². The third-order valence-electron chi connectivity index (χ3n) is 3.48. The van der Waals surface area contributed by atoms with E-state index in [9.17, 15) is 14.0 Å². The Kier molecular flexibility index (Phi) is 6.49. The van der Waals surface area contributed by atoms with Crippen LogP contribution in [-0.2, 0) is 11.3 Å². The summed E-state index contributed by atoms with van der Waals surface area (Å²) in [4.78, 5) is 22.9. The van der Waals surface area contributed by atoms with Crippen LogP contribution in [0.25, 0.3) is 0 Å². The first-order valence-corrected chi connectivity index (χ1v) is 7.79. The minimum absolute atomic E-state index is 0.0133. The molecular formula is C19H20FNO3. The van der Waals surface area contributed by atoms with Gasteiger partial charge < -0.3 is 10.1 Å². The minimum atomic E-state index is -0.293. The van der Waals surface area contributed by atoms with Crippen LogP contribution in [-0.4, -0.2) is 18.3 Å². The van der Waals surface area contributed by atoms with Crippen molar-refractivity contribution >= 4 is 11.7 Å². The van der Waals surface area contributed by atoms with Crippen LogP contribution in [0.5, 0.6) is 5.75 Å². The Morgan fingerprint density at radius 1 is 1.04 bits per heavy atom. The Hall–Kier alpha value is -2.69. The van der Waals surface area contributed by atoms with Gasteiger partial charge in [0.05, 0.1) is 6.61 Å². The van der Waals surface area contributed by atoms with Gasteiger partial charge >= 0.3 is 0 Å². The molecule has 4 nitrogen and oxygen atoms in total. The molecule has 1 amide bonds. The van der Waals surface area contributed by atoms with Gasteiger partial charge in [0.1, 0.15) is 11.6 Å². The standard InChI is InChI=1S/C19H20FNO3/c1-14(22)16-6-10-18(11-7-16)24-12-2-3-19(23)21-13-15-4-8-17(20)9-5-15/h4-11H,2-3,12-13H2,1H3,(H,21,23). The summed E-state index contributed by atoms with van der Waals surface area (Å²) in [5, 5.41) is 2.78. The number of hydrogen-bond acceptors (Lipinski definition) is 3. The van der Waals surface area contributed by atoms with E-state index in [1.54, 1.807) is 36.4 Å². The van der Waals surface area contributed by atoms with Crippen molar-refractivity contribution in [2.75, 3.05) is 6.61 Å². The minimum Gasteiger partial charge on any atom is -0.494 e. The molecule has 0 aliphatic rings. The zero-order chi connectivity index (χ0) is 17.4. The highest BCUT2D eigenvalue weighted by Gasteiger charge is 2.03. The number of carbonyl (C=O) groups excluding carboxylic acids is 2. The number of halogens is 1. The number of rotatable bonds is 8. The molecule has 0 aromatic heterocycles. The molecule has 2 rings (SSSR count). The molecule has 1 N–H and O–H groups in total. The highest BCUT2D eigenvalue weighted by molar-refractivity contribution is 5.94. The van der Waals surface area contributed by atoms with Gasteiger partial charge in [-0.3, -0.25) is 9.59 Å². The van der Waals surface area contributed by atoms with E-state index in [0.717, 1.165) is 5.56 Å². The summed E-state index contributed by atoms with van der Waals surface area (Å²) in [5.41, 5.74) is 1.49. The highest BCUT2D eigenvalue weighted by atomic mass is 19.1. The van der Waals surface area contributed by atoms with Gasteiger partial charge in [-0.2, -0.15) is 0 Å². The van der Waals surface area contributed by atoms with E-state index >= 15 is 0 Å². The summed E-state index contributed by atoms with van der Waals surface area (Å²) in [7, 11) is 0. The molecule has 2 aromatic rings. The van der Waals surface area contributed by atoms with Crippen LogP contribution in [0, 0.1) is 5.82 Å². The average Bonchev–Trinajstić information content (AvgIpc) is 2.58. The molecule has 0 heterocycles. The second kappa shape index (κ2) is 8.82. The van der Waals surface area contributed by atoms with Crippen LogP contribution in [0.4, 0.5) is 4.39 Å². The average molecular weight is 329 g/mol. The van der Waals surface area contributed by atoms with Gasteiger partial charge in [0, 0.05) is 18.5 Å². The van der Waals surface area contributed by atoms with Crippen molar-refractivity contribution in [1.82, 2.24) is 5.32 Å².